The second-order valence-corrected chi connectivity index (χ2v) is 8.94. The van der Waals surface area contributed by atoms with Crippen molar-refractivity contribution in [1.82, 2.24) is 19.8 Å². The Hall–Kier alpha value is -2.93. The van der Waals surface area contributed by atoms with Crippen molar-refractivity contribution in [3.8, 4) is 0 Å². The van der Waals surface area contributed by atoms with Gasteiger partial charge in [-0.3, -0.25) is 14.2 Å². The maximum atomic E-state index is 13.1. The van der Waals surface area contributed by atoms with E-state index in [-0.39, 0.29) is 18.1 Å². The van der Waals surface area contributed by atoms with Crippen LogP contribution in [0.1, 0.15) is 11.8 Å². The first-order valence-corrected chi connectivity index (χ1v) is 11.6. The van der Waals surface area contributed by atoms with Crippen molar-refractivity contribution in [2.45, 2.75) is 37.0 Å². The third-order valence-corrected chi connectivity index (χ3v) is 6.55. The van der Waals surface area contributed by atoms with Gasteiger partial charge >= 0.3 is 5.69 Å². The third kappa shape index (κ3) is 5.03. The summed E-state index contributed by atoms with van der Waals surface area (Å²) in [6, 6.07) is 9.69. The number of hydrogen-bond acceptors (Lipinski definition) is 9. The number of hydrogen-bond donors (Lipinski definition) is 4. The molecular weight excluding hydrogens is 450 g/mol. The molecule has 176 valence electrons. The summed E-state index contributed by atoms with van der Waals surface area (Å²) in [5.41, 5.74) is 5.54. The van der Waals surface area contributed by atoms with Gasteiger partial charge in [-0.1, -0.05) is 30.3 Å². The summed E-state index contributed by atoms with van der Waals surface area (Å²) in [6.45, 7) is 0.584. The Balaban J connectivity index is 1.51. The van der Waals surface area contributed by atoms with Crippen LogP contribution in [0, 0.1) is 0 Å². The molecular formula is C21H25N5O6S. The Morgan fingerprint density at radius 3 is 2.67 bits per heavy atom. The van der Waals surface area contributed by atoms with Crippen LogP contribution in [0.2, 0.25) is 0 Å². The molecule has 0 unspecified atom stereocenters. The number of thioether (sulfide) groups is 1. The van der Waals surface area contributed by atoms with E-state index >= 15 is 0 Å². The van der Waals surface area contributed by atoms with E-state index in [0.717, 1.165) is 15.9 Å². The maximum Gasteiger partial charge on any atom is 0.351 e. The second-order valence-electron chi connectivity index (χ2n) is 7.86. The molecule has 2 aromatic rings. The second kappa shape index (κ2) is 9.91. The van der Waals surface area contributed by atoms with E-state index in [1.807, 2.05) is 30.3 Å². The highest BCUT2D eigenvalue weighted by Crippen LogP contribution is 2.29. The SMILES string of the molecule is Nc1ccn([C@@H]2O[C@H](C(=O)N[C@H](Cc3ccccc3)C(=O)N3CCSC3)[C@@H](O)[C@H]2O)c(=O)n1. The molecule has 11 nitrogen and oxygen atoms in total. The highest BCUT2D eigenvalue weighted by atomic mass is 32.2. The number of aliphatic hydroxyl groups excluding tert-OH is 2. The fraction of sp³-hybridized carbons (Fsp3) is 0.429. The van der Waals surface area contributed by atoms with Crippen LogP contribution < -0.4 is 16.7 Å². The van der Waals surface area contributed by atoms with Gasteiger partial charge in [-0.25, -0.2) is 4.79 Å². The fourth-order valence-corrected chi connectivity index (χ4v) is 4.79. The first-order valence-electron chi connectivity index (χ1n) is 10.4. The van der Waals surface area contributed by atoms with Gasteiger partial charge in [0.15, 0.2) is 12.3 Å². The molecule has 5 atom stereocenters. The molecule has 0 saturated carbocycles. The van der Waals surface area contributed by atoms with E-state index in [2.05, 4.69) is 10.3 Å². The summed E-state index contributed by atoms with van der Waals surface area (Å²) in [5.74, 6) is 0.347. The number of amides is 2. The number of aliphatic hydroxyl groups is 2. The lowest BCUT2D eigenvalue weighted by molar-refractivity contribution is -0.143. The minimum absolute atomic E-state index is 0.0130. The van der Waals surface area contributed by atoms with E-state index in [4.69, 9.17) is 10.5 Å². The lowest BCUT2D eigenvalue weighted by Gasteiger charge is -2.25. The van der Waals surface area contributed by atoms with Crippen LogP contribution in [0.3, 0.4) is 0 Å². The summed E-state index contributed by atoms with van der Waals surface area (Å²) < 4.78 is 6.50. The average Bonchev–Trinajstić information content (AvgIpc) is 3.43. The predicted molar refractivity (Wildman–Crippen MR) is 120 cm³/mol. The van der Waals surface area contributed by atoms with Crippen molar-refractivity contribution < 1.29 is 24.5 Å². The van der Waals surface area contributed by atoms with Gasteiger partial charge in [0, 0.05) is 24.9 Å². The van der Waals surface area contributed by atoms with Crippen LogP contribution >= 0.6 is 11.8 Å². The lowest BCUT2D eigenvalue weighted by Crippen LogP contribution is -2.53. The lowest BCUT2D eigenvalue weighted by atomic mass is 10.0. The Labute approximate surface area is 193 Å². The number of carbonyl (C=O) groups excluding carboxylic acids is 2. The minimum atomic E-state index is -1.62. The number of nitrogens with one attached hydrogen (secondary N) is 1. The average molecular weight is 476 g/mol. The van der Waals surface area contributed by atoms with E-state index in [9.17, 15) is 24.6 Å². The standard InChI is InChI=1S/C21H25N5O6S/c22-14-6-7-26(21(31)24-14)20-16(28)15(27)17(32-20)18(29)23-13(10-12-4-2-1-3-5-12)19(30)25-8-9-33-11-25/h1-7,13,15-17,20,27-28H,8-11H2,(H,23,29)(H2,22,24,31)/t13-,15+,16-,17+,20-/m1/s1. The number of benzene rings is 1. The first-order chi connectivity index (χ1) is 15.8. The molecule has 1 aromatic carbocycles. The van der Waals surface area contributed by atoms with Crippen molar-refractivity contribution in [3.63, 3.8) is 0 Å². The van der Waals surface area contributed by atoms with Gasteiger partial charge in [0.2, 0.25) is 5.91 Å². The van der Waals surface area contributed by atoms with Gasteiger partial charge in [-0.15, -0.1) is 11.8 Å². The molecule has 2 fully saturated rings. The Bertz CT molecular complexity index is 1060. The van der Waals surface area contributed by atoms with E-state index in [0.29, 0.717) is 12.4 Å². The molecule has 0 bridgehead atoms. The molecule has 2 saturated heterocycles. The maximum absolute atomic E-state index is 13.1. The first kappa shape index (κ1) is 23.2. The molecule has 1 aromatic heterocycles. The Kier molecular flexibility index (Phi) is 6.98. The topological polar surface area (TPSA) is 160 Å². The molecule has 2 aliphatic heterocycles. The molecule has 4 rings (SSSR count). The number of aromatic nitrogens is 2. The number of carbonyl (C=O) groups is 2. The number of rotatable bonds is 6. The number of ether oxygens (including phenoxy) is 1. The molecule has 3 heterocycles. The fourth-order valence-electron chi connectivity index (χ4n) is 3.84. The van der Waals surface area contributed by atoms with Crippen molar-refractivity contribution in [2.75, 3.05) is 23.9 Å². The van der Waals surface area contributed by atoms with E-state index in [1.165, 1.54) is 12.3 Å². The summed E-state index contributed by atoms with van der Waals surface area (Å²) in [4.78, 5) is 43.5. The zero-order chi connectivity index (χ0) is 23.5. The normalized spacial score (nSPS) is 25.7. The molecule has 2 aliphatic rings. The molecule has 12 heteroatoms. The van der Waals surface area contributed by atoms with Crippen LogP contribution in [0.15, 0.2) is 47.4 Å². The van der Waals surface area contributed by atoms with Gasteiger partial charge in [0.05, 0.1) is 5.88 Å². The van der Waals surface area contributed by atoms with Crippen molar-refractivity contribution in [3.05, 3.63) is 58.6 Å². The molecule has 2 amide bonds. The highest BCUT2D eigenvalue weighted by molar-refractivity contribution is 7.99. The summed E-state index contributed by atoms with van der Waals surface area (Å²) in [6.07, 6.45) is -4.50. The minimum Gasteiger partial charge on any atom is -0.387 e. The zero-order valence-electron chi connectivity index (χ0n) is 17.6. The number of anilines is 1. The quantitative estimate of drug-likeness (QED) is 0.398. The molecule has 0 spiro atoms. The predicted octanol–water partition coefficient (Wildman–Crippen LogP) is -1.29. The van der Waals surface area contributed by atoms with Crippen molar-refractivity contribution in [1.29, 1.82) is 0 Å². The van der Waals surface area contributed by atoms with E-state index < -0.39 is 42.2 Å². The van der Waals surface area contributed by atoms with E-state index in [1.54, 1.807) is 16.7 Å². The van der Waals surface area contributed by atoms with Crippen LogP contribution in [-0.4, -0.2) is 79.0 Å². The number of nitrogens with two attached hydrogens (primary N) is 1. The number of nitrogen functional groups attached to an aromatic ring is 1. The summed E-state index contributed by atoms with van der Waals surface area (Å²) in [7, 11) is 0. The largest absolute Gasteiger partial charge is 0.387 e. The number of nitrogens with zero attached hydrogens (tertiary/aromatic N) is 3. The van der Waals surface area contributed by atoms with Crippen LogP contribution in [-0.2, 0) is 20.7 Å². The van der Waals surface area contributed by atoms with Crippen LogP contribution in [0.5, 0.6) is 0 Å². The highest BCUT2D eigenvalue weighted by Gasteiger charge is 2.48. The van der Waals surface area contributed by atoms with Gasteiger partial charge in [-0.05, 0) is 11.6 Å². The zero-order valence-corrected chi connectivity index (χ0v) is 18.4. The smallest absolute Gasteiger partial charge is 0.351 e. The van der Waals surface area contributed by atoms with Crippen molar-refractivity contribution in [2.24, 2.45) is 0 Å². The monoisotopic (exact) mass is 475 g/mol. The summed E-state index contributed by atoms with van der Waals surface area (Å²) >= 11 is 1.63. The Morgan fingerprint density at radius 1 is 1.24 bits per heavy atom. The summed E-state index contributed by atoms with van der Waals surface area (Å²) in [5, 5.41) is 23.6. The molecule has 33 heavy (non-hydrogen) atoms. The van der Waals surface area contributed by atoms with Crippen LogP contribution in [0.4, 0.5) is 5.82 Å². The molecule has 0 radical (unpaired) electrons. The Morgan fingerprint density at radius 2 is 2.00 bits per heavy atom. The van der Waals surface area contributed by atoms with Crippen molar-refractivity contribution >= 4 is 29.4 Å². The van der Waals surface area contributed by atoms with Gasteiger partial charge < -0.3 is 30.9 Å². The van der Waals surface area contributed by atoms with Gasteiger partial charge in [0.25, 0.3) is 5.91 Å². The molecule has 0 aliphatic carbocycles. The van der Waals surface area contributed by atoms with Crippen LogP contribution in [0.25, 0.3) is 0 Å². The third-order valence-electron chi connectivity index (χ3n) is 5.58. The van der Waals surface area contributed by atoms with Gasteiger partial charge in [0.1, 0.15) is 24.1 Å². The van der Waals surface area contributed by atoms with Gasteiger partial charge in [-0.2, -0.15) is 4.98 Å². The molecule has 5 N–H and O–H groups in total.